The number of amides is 2. The Hall–Kier alpha value is -2.83. The Bertz CT molecular complexity index is 766. The van der Waals surface area contributed by atoms with Crippen LogP contribution >= 0.6 is 0 Å². The van der Waals surface area contributed by atoms with E-state index in [0.29, 0.717) is 5.82 Å². The molecule has 5 nitrogen and oxygen atoms in total. The first kappa shape index (κ1) is 18.5. The van der Waals surface area contributed by atoms with Gasteiger partial charge < -0.3 is 10.6 Å². The molecule has 0 atom stereocenters. The van der Waals surface area contributed by atoms with Gasteiger partial charge in [0.15, 0.2) is 0 Å². The van der Waals surface area contributed by atoms with Gasteiger partial charge in [0.1, 0.15) is 17.5 Å². The smallest absolute Gasteiger partial charge is 0.227 e. The summed E-state index contributed by atoms with van der Waals surface area (Å²) in [7, 11) is 0. The van der Waals surface area contributed by atoms with E-state index in [1.807, 2.05) is 13.0 Å². The van der Waals surface area contributed by atoms with Crippen LogP contribution in [-0.4, -0.2) is 23.3 Å². The number of hydrogen-bond acceptors (Lipinski definition) is 3. The lowest BCUT2D eigenvalue weighted by atomic mass is 10.1. The molecule has 132 valence electrons. The number of carbonyl (C=O) groups excluding carboxylic acids is 2. The second kappa shape index (κ2) is 8.86. The van der Waals surface area contributed by atoms with Gasteiger partial charge in [0.05, 0.1) is 0 Å². The van der Waals surface area contributed by atoms with Crippen LogP contribution in [0.5, 0.6) is 0 Å². The third-order valence-corrected chi connectivity index (χ3v) is 3.46. The first-order chi connectivity index (χ1) is 11.9. The molecular formula is C18H19F2N3O2. The number of nitrogens with one attached hydrogen (secondary N) is 2. The monoisotopic (exact) mass is 347 g/mol. The summed E-state index contributed by atoms with van der Waals surface area (Å²) in [6, 6.07) is 8.41. The topological polar surface area (TPSA) is 71.1 Å². The van der Waals surface area contributed by atoms with Crippen molar-refractivity contribution in [1.82, 2.24) is 10.3 Å². The zero-order valence-corrected chi connectivity index (χ0v) is 13.8. The molecule has 2 aromatic rings. The molecule has 1 aromatic carbocycles. The van der Waals surface area contributed by atoms with Crippen LogP contribution in [0, 0.1) is 18.6 Å². The van der Waals surface area contributed by atoms with Crippen molar-refractivity contribution in [3.05, 3.63) is 59.3 Å². The third kappa shape index (κ3) is 6.29. The molecule has 0 aliphatic heterocycles. The Kier molecular flexibility index (Phi) is 6.56. The predicted octanol–water partition coefficient (Wildman–Crippen LogP) is 2.75. The van der Waals surface area contributed by atoms with Gasteiger partial charge in [-0.15, -0.1) is 0 Å². The van der Waals surface area contributed by atoms with Gasteiger partial charge in [0.25, 0.3) is 0 Å². The molecule has 1 aromatic heterocycles. The highest BCUT2D eigenvalue weighted by molar-refractivity contribution is 5.90. The standard InChI is InChI=1S/C18H19F2N3O2/c1-12-3-2-4-16(22-12)23-18(25)9-10-21-17(24)8-5-13-11-14(19)6-7-15(13)20/h2-4,6-7,11H,5,8-10H2,1H3,(H,21,24)(H,22,23,25). The van der Waals surface area contributed by atoms with Crippen molar-refractivity contribution >= 4 is 17.6 Å². The van der Waals surface area contributed by atoms with Crippen molar-refractivity contribution in [2.45, 2.75) is 26.2 Å². The van der Waals surface area contributed by atoms with Gasteiger partial charge in [-0.1, -0.05) is 6.07 Å². The fourth-order valence-corrected chi connectivity index (χ4v) is 2.20. The number of halogens is 2. The van der Waals surface area contributed by atoms with Gasteiger partial charge in [-0.2, -0.15) is 0 Å². The zero-order chi connectivity index (χ0) is 18.2. The number of carbonyl (C=O) groups is 2. The van der Waals surface area contributed by atoms with E-state index in [2.05, 4.69) is 15.6 Å². The lowest BCUT2D eigenvalue weighted by Gasteiger charge is -2.07. The molecule has 25 heavy (non-hydrogen) atoms. The lowest BCUT2D eigenvalue weighted by molar-refractivity contribution is -0.121. The number of rotatable bonds is 7. The molecule has 0 unspecified atom stereocenters. The minimum absolute atomic E-state index is 0.0153. The highest BCUT2D eigenvalue weighted by Gasteiger charge is 2.09. The normalized spacial score (nSPS) is 10.4. The number of aromatic nitrogens is 1. The average Bonchev–Trinajstić information content (AvgIpc) is 2.55. The number of hydrogen-bond donors (Lipinski definition) is 2. The Labute approximate surface area is 144 Å². The summed E-state index contributed by atoms with van der Waals surface area (Å²) >= 11 is 0. The predicted molar refractivity (Wildman–Crippen MR) is 89.9 cm³/mol. The van der Waals surface area contributed by atoms with Crippen LogP contribution in [0.2, 0.25) is 0 Å². The van der Waals surface area contributed by atoms with Crippen LogP contribution in [0.15, 0.2) is 36.4 Å². The summed E-state index contributed by atoms with van der Waals surface area (Å²) in [5, 5.41) is 5.21. The summed E-state index contributed by atoms with van der Waals surface area (Å²) in [5.74, 6) is -1.23. The van der Waals surface area contributed by atoms with Crippen LogP contribution in [0.1, 0.15) is 24.1 Å². The molecule has 0 aliphatic carbocycles. The van der Waals surface area contributed by atoms with Crippen molar-refractivity contribution in [3.63, 3.8) is 0 Å². The van der Waals surface area contributed by atoms with Crippen LogP contribution in [0.3, 0.4) is 0 Å². The highest BCUT2D eigenvalue weighted by Crippen LogP contribution is 2.11. The number of nitrogens with zero attached hydrogens (tertiary/aromatic N) is 1. The van der Waals surface area contributed by atoms with E-state index in [4.69, 9.17) is 0 Å². The fraction of sp³-hybridized carbons (Fsp3) is 0.278. The molecule has 0 spiro atoms. The minimum atomic E-state index is -0.543. The van der Waals surface area contributed by atoms with E-state index in [0.717, 1.165) is 23.9 Å². The van der Waals surface area contributed by atoms with E-state index in [9.17, 15) is 18.4 Å². The molecule has 2 amide bonds. The molecule has 0 fully saturated rings. The van der Waals surface area contributed by atoms with Gasteiger partial charge in [-0.25, -0.2) is 13.8 Å². The second-order valence-electron chi connectivity index (χ2n) is 5.55. The second-order valence-corrected chi connectivity index (χ2v) is 5.55. The Morgan fingerprint density at radius 2 is 1.88 bits per heavy atom. The summed E-state index contributed by atoms with van der Waals surface area (Å²) < 4.78 is 26.5. The summed E-state index contributed by atoms with van der Waals surface area (Å²) in [4.78, 5) is 27.6. The Balaban J connectivity index is 1.69. The first-order valence-corrected chi connectivity index (χ1v) is 7.88. The van der Waals surface area contributed by atoms with Gasteiger partial charge in [-0.3, -0.25) is 9.59 Å². The van der Waals surface area contributed by atoms with Crippen LogP contribution in [0.25, 0.3) is 0 Å². The fourth-order valence-electron chi connectivity index (χ4n) is 2.20. The molecule has 0 aliphatic rings. The van der Waals surface area contributed by atoms with Crippen molar-refractivity contribution in [3.8, 4) is 0 Å². The number of pyridine rings is 1. The van der Waals surface area contributed by atoms with E-state index in [1.165, 1.54) is 0 Å². The quantitative estimate of drug-likeness (QED) is 0.809. The average molecular weight is 347 g/mol. The van der Waals surface area contributed by atoms with E-state index >= 15 is 0 Å². The Morgan fingerprint density at radius 3 is 2.64 bits per heavy atom. The van der Waals surface area contributed by atoms with E-state index in [-0.39, 0.29) is 43.2 Å². The summed E-state index contributed by atoms with van der Waals surface area (Å²) in [6.45, 7) is 1.97. The summed E-state index contributed by atoms with van der Waals surface area (Å²) in [6.07, 6.45) is 0.200. The maximum atomic E-state index is 13.5. The molecule has 2 rings (SSSR count). The van der Waals surface area contributed by atoms with Crippen LogP contribution in [0.4, 0.5) is 14.6 Å². The van der Waals surface area contributed by atoms with Crippen LogP contribution < -0.4 is 10.6 Å². The van der Waals surface area contributed by atoms with Gasteiger partial charge in [0.2, 0.25) is 11.8 Å². The maximum Gasteiger partial charge on any atom is 0.227 e. The van der Waals surface area contributed by atoms with Gasteiger partial charge >= 0.3 is 0 Å². The largest absolute Gasteiger partial charge is 0.356 e. The van der Waals surface area contributed by atoms with Gasteiger partial charge in [0, 0.05) is 25.1 Å². The minimum Gasteiger partial charge on any atom is -0.356 e. The first-order valence-electron chi connectivity index (χ1n) is 7.88. The number of aryl methyl sites for hydroxylation is 2. The molecule has 0 radical (unpaired) electrons. The van der Waals surface area contributed by atoms with Crippen LogP contribution in [-0.2, 0) is 16.0 Å². The highest BCUT2D eigenvalue weighted by atomic mass is 19.1. The molecule has 0 saturated carbocycles. The zero-order valence-electron chi connectivity index (χ0n) is 13.8. The molecule has 0 saturated heterocycles. The van der Waals surface area contributed by atoms with Gasteiger partial charge in [-0.05, 0) is 49.2 Å². The SMILES string of the molecule is Cc1cccc(NC(=O)CCNC(=O)CCc2cc(F)ccc2F)n1. The van der Waals surface area contributed by atoms with Crippen molar-refractivity contribution < 1.29 is 18.4 Å². The molecule has 7 heteroatoms. The van der Waals surface area contributed by atoms with Crippen molar-refractivity contribution in [2.75, 3.05) is 11.9 Å². The molecular weight excluding hydrogens is 328 g/mol. The summed E-state index contributed by atoms with van der Waals surface area (Å²) in [5.41, 5.74) is 0.939. The molecule has 0 bridgehead atoms. The van der Waals surface area contributed by atoms with E-state index in [1.54, 1.807) is 12.1 Å². The maximum absolute atomic E-state index is 13.5. The number of anilines is 1. The van der Waals surface area contributed by atoms with Crippen molar-refractivity contribution in [2.24, 2.45) is 0 Å². The third-order valence-electron chi connectivity index (χ3n) is 3.46. The van der Waals surface area contributed by atoms with Crippen molar-refractivity contribution in [1.29, 1.82) is 0 Å². The molecule has 1 heterocycles. The van der Waals surface area contributed by atoms with E-state index < -0.39 is 11.6 Å². The lowest BCUT2D eigenvalue weighted by Crippen LogP contribution is -2.28. The number of benzene rings is 1. The molecule has 2 N–H and O–H groups in total. The Morgan fingerprint density at radius 1 is 1.08 bits per heavy atom.